The van der Waals surface area contributed by atoms with Gasteiger partial charge in [0, 0.05) is 24.8 Å². The first kappa shape index (κ1) is 23.4. The van der Waals surface area contributed by atoms with Crippen LogP contribution in [0.1, 0.15) is 35.2 Å². The van der Waals surface area contributed by atoms with Crippen LogP contribution >= 0.6 is 0 Å². The summed E-state index contributed by atoms with van der Waals surface area (Å²) in [6.45, 7) is 1.93. The zero-order valence-corrected chi connectivity index (χ0v) is 18.3. The van der Waals surface area contributed by atoms with Gasteiger partial charge in [-0.05, 0) is 43.5 Å². The molecule has 1 aliphatic heterocycles. The third-order valence-electron chi connectivity index (χ3n) is 5.09. The minimum Gasteiger partial charge on any atom is -0.452 e. The molecular formula is C21H23N3O7S. The van der Waals surface area contributed by atoms with Crippen molar-refractivity contribution in [3.63, 3.8) is 0 Å². The number of anilines is 1. The van der Waals surface area contributed by atoms with Crippen LogP contribution in [0.2, 0.25) is 0 Å². The van der Waals surface area contributed by atoms with E-state index in [9.17, 15) is 28.1 Å². The van der Waals surface area contributed by atoms with E-state index >= 15 is 0 Å². The molecule has 11 heteroatoms. The minimum atomic E-state index is -3.68. The van der Waals surface area contributed by atoms with Gasteiger partial charge in [-0.1, -0.05) is 24.6 Å². The predicted octanol–water partition coefficient (Wildman–Crippen LogP) is 2.87. The number of carbonyl (C=O) groups is 2. The van der Waals surface area contributed by atoms with Gasteiger partial charge in [-0.3, -0.25) is 14.9 Å². The SMILES string of the molecule is Cc1ccc(S(=O)(=O)N2CCCCC2)cc1NC(=O)COC(=O)c1ccccc1[N+](=O)[O-]. The fourth-order valence-electron chi connectivity index (χ4n) is 3.35. The van der Waals surface area contributed by atoms with E-state index in [1.807, 2.05) is 0 Å². The fourth-order valence-corrected chi connectivity index (χ4v) is 4.90. The molecular weight excluding hydrogens is 438 g/mol. The summed E-state index contributed by atoms with van der Waals surface area (Å²) in [6.07, 6.45) is 2.60. The van der Waals surface area contributed by atoms with Crippen molar-refractivity contribution in [1.82, 2.24) is 4.31 Å². The van der Waals surface area contributed by atoms with Crippen molar-refractivity contribution in [1.29, 1.82) is 0 Å². The maximum Gasteiger partial charge on any atom is 0.345 e. The smallest absolute Gasteiger partial charge is 0.345 e. The number of nitro groups is 1. The van der Waals surface area contributed by atoms with E-state index in [0.29, 0.717) is 18.7 Å². The molecule has 1 fully saturated rings. The summed E-state index contributed by atoms with van der Waals surface area (Å²) in [5, 5.41) is 13.6. The molecule has 2 aromatic carbocycles. The number of rotatable bonds is 7. The lowest BCUT2D eigenvalue weighted by molar-refractivity contribution is -0.385. The number of sulfonamides is 1. The molecule has 1 saturated heterocycles. The van der Waals surface area contributed by atoms with Crippen molar-refractivity contribution in [2.24, 2.45) is 0 Å². The first-order chi connectivity index (χ1) is 15.2. The molecule has 1 amide bonds. The molecule has 0 bridgehead atoms. The summed E-state index contributed by atoms with van der Waals surface area (Å²) < 4.78 is 32.1. The molecule has 0 spiro atoms. The van der Waals surface area contributed by atoms with Gasteiger partial charge in [0.25, 0.3) is 11.6 Å². The molecule has 0 aliphatic carbocycles. The van der Waals surface area contributed by atoms with Gasteiger partial charge in [-0.15, -0.1) is 0 Å². The van der Waals surface area contributed by atoms with Gasteiger partial charge in [0.05, 0.1) is 9.82 Å². The zero-order valence-electron chi connectivity index (χ0n) is 17.4. The average Bonchev–Trinajstić information content (AvgIpc) is 2.79. The standard InChI is InChI=1S/C21H23N3O7S/c1-15-9-10-16(32(29,30)23-11-5-2-6-12-23)13-18(15)22-20(25)14-31-21(26)17-7-3-4-8-19(17)24(27)28/h3-4,7-10,13H,2,5-6,11-12,14H2,1H3,(H,22,25). The Hall–Kier alpha value is -3.31. The van der Waals surface area contributed by atoms with Gasteiger partial charge >= 0.3 is 5.97 Å². The molecule has 1 aliphatic rings. The van der Waals surface area contributed by atoms with Crippen molar-refractivity contribution in [3.8, 4) is 0 Å². The van der Waals surface area contributed by atoms with E-state index in [4.69, 9.17) is 4.74 Å². The minimum absolute atomic E-state index is 0.0669. The average molecular weight is 461 g/mol. The highest BCUT2D eigenvalue weighted by molar-refractivity contribution is 7.89. The van der Waals surface area contributed by atoms with E-state index in [1.54, 1.807) is 13.0 Å². The number of ether oxygens (including phenoxy) is 1. The lowest BCUT2D eigenvalue weighted by atomic mass is 10.2. The van der Waals surface area contributed by atoms with Crippen LogP contribution in [0.4, 0.5) is 11.4 Å². The topological polar surface area (TPSA) is 136 Å². The summed E-state index contributed by atoms with van der Waals surface area (Å²) in [5.41, 5.74) is 0.205. The van der Waals surface area contributed by atoms with Crippen LogP contribution in [0, 0.1) is 17.0 Å². The number of nitrogens with zero attached hydrogens (tertiary/aromatic N) is 2. The zero-order chi connectivity index (χ0) is 23.3. The number of para-hydroxylation sites is 1. The molecule has 10 nitrogen and oxygen atoms in total. The van der Waals surface area contributed by atoms with E-state index in [1.165, 1.54) is 34.6 Å². The number of nitrogens with one attached hydrogen (secondary N) is 1. The maximum absolute atomic E-state index is 12.9. The Labute approximate surface area is 185 Å². The Balaban J connectivity index is 1.68. The van der Waals surface area contributed by atoms with Crippen LogP contribution < -0.4 is 5.32 Å². The predicted molar refractivity (Wildman–Crippen MR) is 116 cm³/mol. The van der Waals surface area contributed by atoms with Gasteiger partial charge < -0.3 is 10.1 Å². The molecule has 32 heavy (non-hydrogen) atoms. The quantitative estimate of drug-likeness (QED) is 0.380. The number of esters is 1. The summed E-state index contributed by atoms with van der Waals surface area (Å²) in [6, 6.07) is 9.71. The molecule has 1 N–H and O–H groups in total. The van der Waals surface area contributed by atoms with E-state index in [0.717, 1.165) is 25.3 Å². The van der Waals surface area contributed by atoms with E-state index in [-0.39, 0.29) is 16.1 Å². The van der Waals surface area contributed by atoms with Crippen molar-refractivity contribution in [2.45, 2.75) is 31.1 Å². The summed E-state index contributed by atoms with van der Waals surface area (Å²) in [7, 11) is -3.68. The summed E-state index contributed by atoms with van der Waals surface area (Å²) in [4.78, 5) is 34.9. The molecule has 0 saturated carbocycles. The molecule has 0 unspecified atom stereocenters. The van der Waals surface area contributed by atoms with Crippen LogP contribution in [-0.4, -0.2) is 49.2 Å². The lowest BCUT2D eigenvalue weighted by Crippen LogP contribution is -2.35. The Morgan fingerprint density at radius 2 is 1.81 bits per heavy atom. The normalized spacial score (nSPS) is 14.5. The van der Waals surface area contributed by atoms with Crippen LogP contribution in [0.5, 0.6) is 0 Å². The molecule has 170 valence electrons. The highest BCUT2D eigenvalue weighted by atomic mass is 32.2. The van der Waals surface area contributed by atoms with Crippen LogP contribution in [-0.2, 0) is 19.6 Å². The van der Waals surface area contributed by atoms with Crippen molar-refractivity contribution >= 4 is 33.3 Å². The molecule has 0 aromatic heterocycles. The van der Waals surface area contributed by atoms with Gasteiger partial charge in [0.15, 0.2) is 6.61 Å². The highest BCUT2D eigenvalue weighted by Crippen LogP contribution is 2.25. The van der Waals surface area contributed by atoms with Gasteiger partial charge in [0.1, 0.15) is 5.56 Å². The lowest BCUT2D eigenvalue weighted by Gasteiger charge is -2.26. The van der Waals surface area contributed by atoms with Gasteiger partial charge in [0.2, 0.25) is 10.0 Å². The second kappa shape index (κ2) is 9.88. The van der Waals surface area contributed by atoms with Crippen molar-refractivity contribution in [2.75, 3.05) is 25.0 Å². The Bertz CT molecular complexity index is 1140. The fraction of sp³-hybridized carbons (Fsp3) is 0.333. The molecule has 3 rings (SSSR count). The summed E-state index contributed by atoms with van der Waals surface area (Å²) >= 11 is 0. The number of carbonyl (C=O) groups excluding carboxylic acids is 2. The van der Waals surface area contributed by atoms with E-state index < -0.39 is 39.1 Å². The third kappa shape index (κ3) is 5.29. The first-order valence-corrected chi connectivity index (χ1v) is 11.5. The van der Waals surface area contributed by atoms with Crippen LogP contribution in [0.25, 0.3) is 0 Å². The number of piperidine rings is 1. The monoisotopic (exact) mass is 461 g/mol. The van der Waals surface area contributed by atoms with Gasteiger partial charge in [-0.2, -0.15) is 4.31 Å². The van der Waals surface area contributed by atoms with Crippen molar-refractivity contribution in [3.05, 3.63) is 63.7 Å². The molecule has 2 aromatic rings. The third-order valence-corrected chi connectivity index (χ3v) is 6.99. The number of nitro benzene ring substituents is 1. The largest absolute Gasteiger partial charge is 0.452 e. The Kier molecular flexibility index (Phi) is 7.21. The highest BCUT2D eigenvalue weighted by Gasteiger charge is 2.27. The number of aryl methyl sites for hydroxylation is 1. The molecule has 0 radical (unpaired) electrons. The number of hydrogen-bond acceptors (Lipinski definition) is 7. The number of amides is 1. The van der Waals surface area contributed by atoms with Gasteiger partial charge in [-0.25, -0.2) is 13.2 Å². The van der Waals surface area contributed by atoms with E-state index in [2.05, 4.69) is 5.32 Å². The number of hydrogen-bond donors (Lipinski definition) is 1. The Morgan fingerprint density at radius 3 is 2.50 bits per heavy atom. The molecule has 1 heterocycles. The second-order valence-electron chi connectivity index (χ2n) is 7.34. The first-order valence-electron chi connectivity index (χ1n) is 10.0. The van der Waals surface area contributed by atoms with Crippen LogP contribution in [0.15, 0.2) is 47.4 Å². The van der Waals surface area contributed by atoms with Crippen molar-refractivity contribution < 1.29 is 27.7 Å². The molecule has 0 atom stereocenters. The maximum atomic E-state index is 12.9. The number of benzene rings is 2. The summed E-state index contributed by atoms with van der Waals surface area (Å²) in [5.74, 6) is -1.71. The van der Waals surface area contributed by atoms with Crippen LogP contribution in [0.3, 0.4) is 0 Å². The second-order valence-corrected chi connectivity index (χ2v) is 9.28. The Morgan fingerprint density at radius 1 is 1.12 bits per heavy atom.